The van der Waals surface area contributed by atoms with E-state index in [1.807, 2.05) is 28.8 Å². The first kappa shape index (κ1) is 22.4. The van der Waals surface area contributed by atoms with Crippen molar-refractivity contribution < 1.29 is 23.1 Å². The van der Waals surface area contributed by atoms with E-state index in [0.29, 0.717) is 34.5 Å². The molecule has 36 heavy (non-hydrogen) atoms. The number of imidazole rings is 1. The summed E-state index contributed by atoms with van der Waals surface area (Å²) in [7, 11) is 0. The predicted molar refractivity (Wildman–Crippen MR) is 129 cm³/mol. The number of Topliss-reactive ketones (excluding diaryl/α,β-unsaturated/α-hetero) is 1. The van der Waals surface area contributed by atoms with Crippen LogP contribution in [0.15, 0.2) is 60.7 Å². The van der Waals surface area contributed by atoms with Gasteiger partial charge in [0.15, 0.2) is 5.78 Å². The van der Waals surface area contributed by atoms with Crippen LogP contribution in [0, 0.1) is 0 Å². The Kier molecular flexibility index (Phi) is 5.11. The molecule has 182 valence electrons. The maximum absolute atomic E-state index is 13.8. The number of nitrogens with one attached hydrogen (secondary N) is 1. The Morgan fingerprint density at radius 1 is 1.11 bits per heavy atom. The lowest BCUT2D eigenvalue weighted by atomic mass is 9.91. The zero-order chi connectivity index (χ0) is 25.1. The van der Waals surface area contributed by atoms with Gasteiger partial charge in [0.1, 0.15) is 11.6 Å². The first-order valence-electron chi connectivity index (χ1n) is 11.6. The van der Waals surface area contributed by atoms with Crippen molar-refractivity contribution in [2.24, 2.45) is 5.73 Å². The third kappa shape index (κ3) is 3.38. The highest BCUT2D eigenvalue weighted by Crippen LogP contribution is 2.49. The van der Waals surface area contributed by atoms with Gasteiger partial charge in [0, 0.05) is 22.3 Å². The summed E-state index contributed by atoms with van der Waals surface area (Å²) in [4.78, 5) is 30.1. The van der Waals surface area contributed by atoms with Gasteiger partial charge in [-0.15, -0.1) is 0 Å². The first-order valence-corrected chi connectivity index (χ1v) is 11.6. The van der Waals surface area contributed by atoms with Crippen LogP contribution in [0.5, 0.6) is 5.75 Å². The summed E-state index contributed by atoms with van der Waals surface area (Å²) in [5, 5.41) is 3.00. The van der Waals surface area contributed by atoms with Crippen LogP contribution in [0.3, 0.4) is 0 Å². The molecule has 7 nitrogen and oxygen atoms in total. The van der Waals surface area contributed by atoms with E-state index in [4.69, 9.17) is 15.5 Å². The third-order valence-corrected chi connectivity index (χ3v) is 6.89. The Balaban J connectivity index is 1.56. The number of nitrogens with zero attached hydrogens (tertiary/aromatic N) is 2. The fraction of sp³-hybridized carbons (Fsp3) is 0.222. The molecule has 2 aliphatic heterocycles. The molecule has 0 radical (unpaired) electrons. The number of hydrogen-bond acceptors (Lipinski definition) is 5. The number of ketones is 1. The van der Waals surface area contributed by atoms with E-state index in [0.717, 1.165) is 11.0 Å². The van der Waals surface area contributed by atoms with Gasteiger partial charge < -0.3 is 20.4 Å². The largest absolute Gasteiger partial charge is 0.434 e. The van der Waals surface area contributed by atoms with Crippen molar-refractivity contribution in [3.05, 3.63) is 83.2 Å². The van der Waals surface area contributed by atoms with Crippen LogP contribution < -0.4 is 15.8 Å². The van der Waals surface area contributed by atoms with Crippen molar-refractivity contribution in [2.75, 3.05) is 0 Å². The van der Waals surface area contributed by atoms with Gasteiger partial charge in [-0.05, 0) is 43.2 Å². The number of hydrogen-bond donors (Lipinski definition) is 2. The molecule has 3 N–H and O–H groups in total. The van der Waals surface area contributed by atoms with E-state index in [2.05, 4.69) is 5.32 Å². The van der Waals surface area contributed by atoms with Crippen LogP contribution in [0.4, 0.5) is 8.78 Å². The minimum atomic E-state index is -3.10. The Morgan fingerprint density at radius 2 is 1.83 bits per heavy atom. The summed E-state index contributed by atoms with van der Waals surface area (Å²) in [6, 6.07) is 15.9. The standard InChI is InChI=1S/C27H22F2N4O3/c1-13(30)23(34)15-8-6-14(7-9-15)16-10-11-17-22(24(16)36-27(28)29)21-12-19(32-26(17)35)25-31-18-4-2-3-5-20(18)33(21)25/h2-11,13,19,21,27H,12,30H2,1H3,(H,32,35)/t13?,19-,21-/m1/s1. The molecule has 0 spiro atoms. The number of nitrogens with two attached hydrogens (primary N) is 1. The second-order valence-corrected chi connectivity index (χ2v) is 9.12. The third-order valence-electron chi connectivity index (χ3n) is 6.89. The smallest absolute Gasteiger partial charge is 0.387 e. The van der Waals surface area contributed by atoms with Gasteiger partial charge in [0.2, 0.25) is 0 Å². The number of carbonyl (C=O) groups excluding carboxylic acids is 2. The SMILES string of the molecule is CC(N)C(=O)c1ccc(-c2ccc3c(c2OC(F)F)[C@H]2C[C@@H](NC3=O)c3nc4ccccc4n32)cc1. The van der Waals surface area contributed by atoms with Crippen molar-refractivity contribution in [3.8, 4) is 16.9 Å². The summed E-state index contributed by atoms with van der Waals surface area (Å²) < 4.78 is 34.7. The minimum Gasteiger partial charge on any atom is -0.434 e. The highest BCUT2D eigenvalue weighted by Gasteiger charge is 2.43. The van der Waals surface area contributed by atoms with Crippen molar-refractivity contribution in [1.29, 1.82) is 0 Å². The Morgan fingerprint density at radius 3 is 2.56 bits per heavy atom. The number of para-hydroxylation sites is 2. The molecule has 3 heterocycles. The number of ether oxygens (including phenoxy) is 1. The van der Waals surface area contributed by atoms with Crippen LogP contribution in [0.2, 0.25) is 0 Å². The second-order valence-electron chi connectivity index (χ2n) is 9.12. The van der Waals surface area contributed by atoms with Gasteiger partial charge in [0.05, 0.1) is 29.2 Å². The van der Waals surface area contributed by atoms with E-state index < -0.39 is 18.7 Å². The van der Waals surface area contributed by atoms with Crippen LogP contribution in [0.25, 0.3) is 22.2 Å². The molecule has 0 saturated carbocycles. The van der Waals surface area contributed by atoms with Crippen molar-refractivity contribution in [3.63, 3.8) is 0 Å². The van der Waals surface area contributed by atoms with Gasteiger partial charge in [-0.2, -0.15) is 8.78 Å². The predicted octanol–water partition coefficient (Wildman–Crippen LogP) is 4.61. The van der Waals surface area contributed by atoms with E-state index >= 15 is 0 Å². The fourth-order valence-corrected chi connectivity index (χ4v) is 5.33. The average molecular weight is 488 g/mol. The molecular weight excluding hydrogens is 466 g/mol. The number of halogens is 2. The lowest BCUT2D eigenvalue weighted by Crippen LogP contribution is -2.28. The number of rotatable bonds is 5. The monoisotopic (exact) mass is 488 g/mol. The maximum atomic E-state index is 13.8. The Bertz CT molecular complexity index is 1530. The summed E-state index contributed by atoms with van der Waals surface area (Å²) in [6.07, 6.45) is 0.469. The van der Waals surface area contributed by atoms with E-state index in [1.54, 1.807) is 43.3 Å². The molecule has 0 aliphatic carbocycles. The quantitative estimate of drug-likeness (QED) is 0.400. The molecular formula is C27H22F2N4O3. The molecule has 1 unspecified atom stereocenters. The molecule has 3 aromatic carbocycles. The minimum absolute atomic E-state index is 0.0554. The van der Waals surface area contributed by atoms with Crippen LogP contribution in [-0.2, 0) is 0 Å². The number of aromatic nitrogens is 2. The molecule has 2 bridgehead atoms. The Labute approximate surface area is 204 Å². The van der Waals surface area contributed by atoms with Crippen LogP contribution in [-0.4, -0.2) is 33.9 Å². The molecule has 0 saturated heterocycles. The second kappa shape index (κ2) is 8.23. The first-order chi connectivity index (χ1) is 17.3. The summed E-state index contributed by atoms with van der Waals surface area (Å²) in [6.45, 7) is -1.50. The van der Waals surface area contributed by atoms with Gasteiger partial charge in [-0.3, -0.25) is 9.59 Å². The normalized spacial score (nSPS) is 19.0. The molecule has 3 atom stereocenters. The topological polar surface area (TPSA) is 99.2 Å². The molecule has 0 fully saturated rings. The van der Waals surface area contributed by atoms with Crippen molar-refractivity contribution >= 4 is 22.7 Å². The number of carbonyl (C=O) groups is 2. The zero-order valence-electron chi connectivity index (χ0n) is 19.2. The van der Waals surface area contributed by atoms with Crippen molar-refractivity contribution in [1.82, 2.24) is 14.9 Å². The zero-order valence-corrected chi connectivity index (χ0v) is 19.2. The number of fused-ring (bicyclic) bond motifs is 9. The van der Waals surface area contributed by atoms with Gasteiger partial charge in [-0.25, -0.2) is 4.98 Å². The van der Waals surface area contributed by atoms with Gasteiger partial charge in [-0.1, -0.05) is 36.4 Å². The molecule has 9 heteroatoms. The fourth-order valence-electron chi connectivity index (χ4n) is 5.33. The van der Waals surface area contributed by atoms with Gasteiger partial charge in [0.25, 0.3) is 5.91 Å². The molecule has 1 amide bonds. The van der Waals surface area contributed by atoms with Crippen molar-refractivity contribution in [2.45, 2.75) is 38.1 Å². The summed E-state index contributed by atoms with van der Waals surface area (Å²) in [5.74, 6) is 0.0487. The number of amides is 1. The Hall–Kier alpha value is -4.11. The number of alkyl halides is 2. The van der Waals surface area contributed by atoms with E-state index in [1.165, 1.54) is 0 Å². The molecule has 2 aliphatic rings. The average Bonchev–Trinajstić information content (AvgIpc) is 3.36. The summed E-state index contributed by atoms with van der Waals surface area (Å²) >= 11 is 0. The lowest BCUT2D eigenvalue weighted by molar-refractivity contribution is -0.0503. The lowest BCUT2D eigenvalue weighted by Gasteiger charge is -2.23. The number of benzene rings is 3. The molecule has 4 aromatic rings. The van der Waals surface area contributed by atoms with E-state index in [-0.39, 0.29) is 29.0 Å². The highest BCUT2D eigenvalue weighted by atomic mass is 19.3. The van der Waals surface area contributed by atoms with E-state index in [9.17, 15) is 18.4 Å². The molecule has 1 aromatic heterocycles. The van der Waals surface area contributed by atoms with Crippen LogP contribution >= 0.6 is 0 Å². The summed E-state index contributed by atoms with van der Waals surface area (Å²) in [5.41, 5.74) is 9.41. The van der Waals surface area contributed by atoms with Gasteiger partial charge >= 0.3 is 6.61 Å². The van der Waals surface area contributed by atoms with Crippen LogP contribution in [0.1, 0.15) is 57.5 Å². The molecule has 6 rings (SSSR count). The maximum Gasteiger partial charge on any atom is 0.387 e. The highest BCUT2D eigenvalue weighted by molar-refractivity contribution is 6.01.